The predicted molar refractivity (Wildman–Crippen MR) is 86.0 cm³/mol. The van der Waals surface area contributed by atoms with Gasteiger partial charge in [-0.05, 0) is 23.8 Å². The number of nitrogens with one attached hydrogen (secondary N) is 1. The highest BCUT2D eigenvalue weighted by Crippen LogP contribution is 2.09. The van der Waals surface area contributed by atoms with Crippen molar-refractivity contribution in [1.82, 2.24) is 10.2 Å². The predicted octanol–water partition coefficient (Wildman–Crippen LogP) is 0.976. The summed E-state index contributed by atoms with van der Waals surface area (Å²) < 4.78 is 10.9. The SMILES string of the molecule is C=CC(=O)NCc1ccc(C(=O)N(C)CC2COCCO2)cc1. The fraction of sp³-hybridized carbons (Fsp3) is 0.412. The molecule has 23 heavy (non-hydrogen) atoms. The molecular weight excluding hydrogens is 296 g/mol. The Balaban J connectivity index is 1.88. The maximum Gasteiger partial charge on any atom is 0.253 e. The molecular formula is C17H22N2O4. The zero-order valence-electron chi connectivity index (χ0n) is 13.3. The smallest absolute Gasteiger partial charge is 0.253 e. The van der Waals surface area contributed by atoms with E-state index in [1.165, 1.54) is 6.08 Å². The molecule has 6 heteroatoms. The molecule has 0 spiro atoms. The zero-order chi connectivity index (χ0) is 16.7. The number of ether oxygens (including phenoxy) is 2. The van der Waals surface area contributed by atoms with E-state index in [0.717, 1.165) is 5.56 Å². The van der Waals surface area contributed by atoms with Crippen LogP contribution < -0.4 is 5.32 Å². The van der Waals surface area contributed by atoms with Gasteiger partial charge >= 0.3 is 0 Å². The Morgan fingerprint density at radius 2 is 2.09 bits per heavy atom. The van der Waals surface area contributed by atoms with Gasteiger partial charge in [-0.3, -0.25) is 9.59 Å². The lowest BCUT2D eigenvalue weighted by atomic mass is 10.1. The van der Waals surface area contributed by atoms with Gasteiger partial charge < -0.3 is 19.7 Å². The minimum absolute atomic E-state index is 0.0687. The third-order valence-electron chi connectivity index (χ3n) is 3.56. The van der Waals surface area contributed by atoms with Gasteiger partial charge in [0.15, 0.2) is 0 Å². The van der Waals surface area contributed by atoms with Crippen molar-refractivity contribution in [3.05, 3.63) is 48.0 Å². The first-order valence-corrected chi connectivity index (χ1v) is 7.54. The van der Waals surface area contributed by atoms with Crippen molar-refractivity contribution < 1.29 is 19.1 Å². The van der Waals surface area contributed by atoms with Gasteiger partial charge in [-0.15, -0.1) is 0 Å². The number of hydrogen-bond acceptors (Lipinski definition) is 4. The number of carbonyl (C=O) groups excluding carboxylic acids is 2. The van der Waals surface area contributed by atoms with Gasteiger partial charge in [-0.25, -0.2) is 0 Å². The molecule has 0 aromatic heterocycles. The molecule has 0 aliphatic carbocycles. The Morgan fingerprint density at radius 3 is 2.70 bits per heavy atom. The molecule has 1 aromatic rings. The van der Waals surface area contributed by atoms with Crippen LogP contribution in [0.15, 0.2) is 36.9 Å². The van der Waals surface area contributed by atoms with E-state index in [0.29, 0.717) is 38.5 Å². The summed E-state index contributed by atoms with van der Waals surface area (Å²) in [7, 11) is 1.75. The summed E-state index contributed by atoms with van der Waals surface area (Å²) in [6.45, 7) is 5.99. The number of nitrogens with zero attached hydrogens (tertiary/aromatic N) is 1. The maximum absolute atomic E-state index is 12.4. The van der Waals surface area contributed by atoms with E-state index in [-0.39, 0.29) is 17.9 Å². The molecule has 0 saturated carbocycles. The van der Waals surface area contributed by atoms with Gasteiger partial charge in [-0.1, -0.05) is 18.7 Å². The van der Waals surface area contributed by atoms with E-state index in [1.807, 2.05) is 12.1 Å². The van der Waals surface area contributed by atoms with E-state index in [2.05, 4.69) is 11.9 Å². The summed E-state index contributed by atoms with van der Waals surface area (Å²) in [4.78, 5) is 25.1. The number of carbonyl (C=O) groups is 2. The van der Waals surface area contributed by atoms with Crippen molar-refractivity contribution in [3.8, 4) is 0 Å². The standard InChI is InChI=1S/C17H22N2O4/c1-3-16(20)18-10-13-4-6-14(7-5-13)17(21)19(2)11-15-12-22-8-9-23-15/h3-7,15H,1,8-12H2,2H3,(H,18,20). The fourth-order valence-corrected chi connectivity index (χ4v) is 2.28. The van der Waals surface area contributed by atoms with Gasteiger partial charge in [0.25, 0.3) is 5.91 Å². The van der Waals surface area contributed by atoms with Crippen LogP contribution >= 0.6 is 0 Å². The van der Waals surface area contributed by atoms with Crippen LogP contribution in [0, 0.1) is 0 Å². The van der Waals surface area contributed by atoms with E-state index in [9.17, 15) is 9.59 Å². The number of benzene rings is 1. The van der Waals surface area contributed by atoms with E-state index in [4.69, 9.17) is 9.47 Å². The molecule has 124 valence electrons. The summed E-state index contributed by atoms with van der Waals surface area (Å²) in [6.07, 6.45) is 1.15. The molecule has 2 rings (SSSR count). The molecule has 0 radical (unpaired) electrons. The lowest BCUT2D eigenvalue weighted by Crippen LogP contribution is -2.40. The molecule has 1 aliphatic heterocycles. The largest absolute Gasteiger partial charge is 0.376 e. The monoisotopic (exact) mass is 318 g/mol. The summed E-state index contributed by atoms with van der Waals surface area (Å²) in [5.41, 5.74) is 1.52. The molecule has 1 aromatic carbocycles. The third-order valence-corrected chi connectivity index (χ3v) is 3.56. The topological polar surface area (TPSA) is 67.9 Å². The van der Waals surface area contributed by atoms with Crippen molar-refractivity contribution in [2.24, 2.45) is 0 Å². The molecule has 2 amide bonds. The molecule has 0 bridgehead atoms. The first-order chi connectivity index (χ1) is 11.1. The summed E-state index contributed by atoms with van der Waals surface area (Å²) in [5.74, 6) is -0.291. The molecule has 1 aliphatic rings. The van der Waals surface area contributed by atoms with Gasteiger partial charge in [-0.2, -0.15) is 0 Å². The normalized spacial score (nSPS) is 17.3. The van der Waals surface area contributed by atoms with Crippen LogP contribution in [-0.2, 0) is 20.8 Å². The van der Waals surface area contributed by atoms with E-state index >= 15 is 0 Å². The minimum atomic E-state index is -0.223. The first-order valence-electron chi connectivity index (χ1n) is 7.54. The average Bonchev–Trinajstić information content (AvgIpc) is 2.60. The van der Waals surface area contributed by atoms with E-state index < -0.39 is 0 Å². The Bertz CT molecular complexity index is 550. The van der Waals surface area contributed by atoms with Crippen molar-refractivity contribution in [2.45, 2.75) is 12.6 Å². The van der Waals surface area contributed by atoms with Gasteiger partial charge in [0, 0.05) is 25.7 Å². The van der Waals surface area contributed by atoms with Crippen LogP contribution in [0.1, 0.15) is 15.9 Å². The Morgan fingerprint density at radius 1 is 1.35 bits per heavy atom. The van der Waals surface area contributed by atoms with Gasteiger partial charge in [0.1, 0.15) is 0 Å². The number of rotatable bonds is 6. The summed E-state index contributed by atoms with van der Waals surface area (Å²) >= 11 is 0. The molecule has 6 nitrogen and oxygen atoms in total. The van der Waals surface area contributed by atoms with E-state index in [1.54, 1.807) is 24.1 Å². The fourth-order valence-electron chi connectivity index (χ4n) is 2.28. The third kappa shape index (κ3) is 5.19. The molecule has 1 fully saturated rings. The molecule has 1 saturated heterocycles. The highest BCUT2D eigenvalue weighted by molar-refractivity contribution is 5.94. The average molecular weight is 318 g/mol. The molecule has 1 unspecified atom stereocenters. The number of likely N-dealkylation sites (N-methyl/N-ethyl adjacent to an activating group) is 1. The highest BCUT2D eigenvalue weighted by atomic mass is 16.6. The molecule has 1 heterocycles. The summed E-state index contributed by atoms with van der Waals surface area (Å²) in [5, 5.41) is 2.69. The van der Waals surface area contributed by atoms with Gasteiger partial charge in [0.2, 0.25) is 5.91 Å². The summed E-state index contributed by atoms with van der Waals surface area (Å²) in [6, 6.07) is 7.16. The Kier molecular flexibility index (Phi) is 6.31. The van der Waals surface area contributed by atoms with Crippen LogP contribution in [0.25, 0.3) is 0 Å². The maximum atomic E-state index is 12.4. The minimum Gasteiger partial charge on any atom is -0.376 e. The van der Waals surface area contributed by atoms with Crippen molar-refractivity contribution in [3.63, 3.8) is 0 Å². The van der Waals surface area contributed by atoms with Crippen molar-refractivity contribution in [1.29, 1.82) is 0 Å². The Labute approximate surface area is 136 Å². The second-order valence-corrected chi connectivity index (χ2v) is 5.37. The number of amides is 2. The molecule has 1 atom stereocenters. The van der Waals surface area contributed by atoms with Crippen LogP contribution in [0.3, 0.4) is 0 Å². The second-order valence-electron chi connectivity index (χ2n) is 5.37. The zero-order valence-corrected chi connectivity index (χ0v) is 13.3. The number of hydrogen-bond donors (Lipinski definition) is 1. The first kappa shape index (κ1) is 17.2. The van der Waals surface area contributed by atoms with Crippen molar-refractivity contribution in [2.75, 3.05) is 33.4 Å². The lowest BCUT2D eigenvalue weighted by Gasteiger charge is -2.27. The Hall–Kier alpha value is -2.18. The van der Waals surface area contributed by atoms with Crippen LogP contribution in [-0.4, -0.2) is 56.2 Å². The highest BCUT2D eigenvalue weighted by Gasteiger charge is 2.20. The molecule has 1 N–H and O–H groups in total. The quantitative estimate of drug-likeness (QED) is 0.794. The lowest BCUT2D eigenvalue weighted by molar-refractivity contribution is -0.116. The second kappa shape index (κ2) is 8.45. The van der Waals surface area contributed by atoms with Crippen LogP contribution in [0.4, 0.5) is 0 Å². The van der Waals surface area contributed by atoms with Crippen LogP contribution in [0.2, 0.25) is 0 Å². The van der Waals surface area contributed by atoms with Crippen molar-refractivity contribution >= 4 is 11.8 Å². The van der Waals surface area contributed by atoms with Gasteiger partial charge in [0.05, 0.1) is 25.9 Å². The van der Waals surface area contributed by atoms with Crippen LogP contribution in [0.5, 0.6) is 0 Å².